The summed E-state index contributed by atoms with van der Waals surface area (Å²) >= 11 is 0. The topological polar surface area (TPSA) is 58.8 Å². The van der Waals surface area contributed by atoms with Gasteiger partial charge in [-0.3, -0.25) is 4.79 Å². The maximum atomic E-state index is 13.0. The highest BCUT2D eigenvalue weighted by atomic mass is 16.5. The highest BCUT2D eigenvalue weighted by molar-refractivity contribution is 5.93. The summed E-state index contributed by atoms with van der Waals surface area (Å²) in [7, 11) is 0. The fourth-order valence-corrected chi connectivity index (χ4v) is 3.78. The summed E-state index contributed by atoms with van der Waals surface area (Å²) in [5, 5.41) is 4.01. The Morgan fingerprint density at radius 3 is 2.68 bits per heavy atom. The molecule has 2 saturated heterocycles. The molecule has 6 nitrogen and oxygen atoms in total. The average molecular weight is 341 g/mol. The molecule has 0 saturated carbocycles. The molecule has 1 spiro atoms. The van der Waals surface area contributed by atoms with Crippen LogP contribution in [-0.4, -0.2) is 59.4 Å². The number of piperidine rings is 1. The molecule has 0 bridgehead atoms. The van der Waals surface area contributed by atoms with Crippen LogP contribution >= 0.6 is 0 Å². The number of rotatable bonds is 3. The third-order valence-corrected chi connectivity index (χ3v) is 5.29. The quantitative estimate of drug-likeness (QED) is 0.859. The lowest BCUT2D eigenvalue weighted by atomic mass is 9.98. The van der Waals surface area contributed by atoms with Crippen LogP contribution in [0.25, 0.3) is 11.3 Å². The molecule has 0 N–H and O–H groups in total. The van der Waals surface area contributed by atoms with Gasteiger partial charge in [-0.25, -0.2) is 0 Å². The molecule has 0 aliphatic carbocycles. The van der Waals surface area contributed by atoms with E-state index in [4.69, 9.17) is 9.26 Å². The Morgan fingerprint density at radius 2 is 1.96 bits per heavy atom. The van der Waals surface area contributed by atoms with Gasteiger partial charge in [0.2, 0.25) is 0 Å². The number of nitrogens with zero attached hydrogens (tertiary/aromatic N) is 3. The molecule has 2 aliphatic rings. The summed E-state index contributed by atoms with van der Waals surface area (Å²) in [6.45, 7) is 6.30. The van der Waals surface area contributed by atoms with E-state index in [1.807, 2.05) is 35.2 Å². The molecule has 1 amide bonds. The van der Waals surface area contributed by atoms with Crippen LogP contribution in [0.3, 0.4) is 0 Å². The largest absolute Gasteiger partial charge is 0.355 e. The van der Waals surface area contributed by atoms with Crippen molar-refractivity contribution >= 4 is 5.91 Å². The lowest BCUT2D eigenvalue weighted by Gasteiger charge is -2.43. The second kappa shape index (κ2) is 6.61. The molecule has 132 valence electrons. The van der Waals surface area contributed by atoms with Crippen molar-refractivity contribution in [2.24, 2.45) is 0 Å². The fourth-order valence-electron chi connectivity index (χ4n) is 3.78. The lowest BCUT2D eigenvalue weighted by molar-refractivity contribution is -0.104. The third kappa shape index (κ3) is 2.96. The number of aromatic nitrogens is 1. The van der Waals surface area contributed by atoms with E-state index < -0.39 is 5.72 Å². The zero-order valence-corrected chi connectivity index (χ0v) is 14.5. The first kappa shape index (κ1) is 16.3. The molecule has 6 heteroatoms. The van der Waals surface area contributed by atoms with Crippen LogP contribution in [0.4, 0.5) is 0 Å². The molecular weight excluding hydrogens is 318 g/mol. The van der Waals surface area contributed by atoms with E-state index in [0.29, 0.717) is 24.6 Å². The number of likely N-dealkylation sites (tertiary alicyclic amines) is 1. The first-order valence-electron chi connectivity index (χ1n) is 8.92. The maximum Gasteiger partial charge on any atom is 0.278 e. The van der Waals surface area contributed by atoms with Gasteiger partial charge < -0.3 is 19.1 Å². The van der Waals surface area contributed by atoms with Gasteiger partial charge in [-0.1, -0.05) is 42.4 Å². The minimum atomic E-state index is -0.478. The van der Waals surface area contributed by atoms with Crippen LogP contribution in [0.2, 0.25) is 0 Å². The van der Waals surface area contributed by atoms with E-state index in [0.717, 1.165) is 38.0 Å². The minimum Gasteiger partial charge on any atom is -0.355 e. The number of carbonyl (C=O) groups excluding carboxylic acids is 1. The van der Waals surface area contributed by atoms with E-state index in [1.165, 1.54) is 0 Å². The van der Waals surface area contributed by atoms with E-state index in [2.05, 4.69) is 17.0 Å². The standard InChI is InChI=1S/C19H23N3O3/c1-2-21-10-8-19(9-11-21)22(12-13-24-19)18(23)16-14-17(25-20-16)15-6-4-3-5-7-15/h3-7,14H,2,8-13H2,1H3. The Morgan fingerprint density at radius 1 is 1.20 bits per heavy atom. The first-order chi connectivity index (χ1) is 12.2. The normalized spacial score (nSPS) is 20.3. The Balaban J connectivity index is 1.54. The van der Waals surface area contributed by atoms with Crippen molar-refractivity contribution in [1.29, 1.82) is 0 Å². The molecule has 4 rings (SSSR count). The molecule has 2 aromatic rings. The number of benzene rings is 1. The zero-order chi connectivity index (χ0) is 17.3. The lowest BCUT2D eigenvalue weighted by Crippen LogP contribution is -2.54. The number of amides is 1. The van der Waals surface area contributed by atoms with Crippen molar-refractivity contribution in [2.45, 2.75) is 25.5 Å². The van der Waals surface area contributed by atoms with Gasteiger partial charge in [0, 0.05) is 44.1 Å². The molecule has 3 heterocycles. The molecule has 2 aliphatic heterocycles. The molecule has 1 aromatic heterocycles. The van der Waals surface area contributed by atoms with Crippen molar-refractivity contribution in [3.63, 3.8) is 0 Å². The van der Waals surface area contributed by atoms with E-state index in [-0.39, 0.29) is 5.91 Å². The highest BCUT2D eigenvalue weighted by Crippen LogP contribution is 2.35. The number of hydrogen-bond acceptors (Lipinski definition) is 5. The Bertz CT molecular complexity index is 735. The van der Waals surface area contributed by atoms with Gasteiger partial charge in [0.1, 0.15) is 5.72 Å². The van der Waals surface area contributed by atoms with Crippen molar-refractivity contribution < 1.29 is 14.1 Å². The van der Waals surface area contributed by atoms with E-state index in [9.17, 15) is 4.79 Å². The monoisotopic (exact) mass is 341 g/mol. The minimum absolute atomic E-state index is 0.103. The summed E-state index contributed by atoms with van der Waals surface area (Å²) < 4.78 is 11.4. The molecule has 25 heavy (non-hydrogen) atoms. The van der Waals surface area contributed by atoms with Crippen LogP contribution in [0, 0.1) is 0 Å². The summed E-state index contributed by atoms with van der Waals surface area (Å²) in [6, 6.07) is 11.4. The zero-order valence-electron chi connectivity index (χ0n) is 14.5. The summed E-state index contributed by atoms with van der Waals surface area (Å²) in [6.07, 6.45) is 1.69. The van der Waals surface area contributed by atoms with Crippen molar-refractivity contribution in [1.82, 2.24) is 15.0 Å². The highest BCUT2D eigenvalue weighted by Gasteiger charge is 2.47. The number of carbonyl (C=O) groups is 1. The van der Waals surface area contributed by atoms with E-state index >= 15 is 0 Å². The Kier molecular flexibility index (Phi) is 4.31. The predicted octanol–water partition coefficient (Wildman–Crippen LogP) is 2.63. The molecule has 2 fully saturated rings. The van der Waals surface area contributed by atoms with Crippen molar-refractivity contribution in [3.05, 3.63) is 42.1 Å². The average Bonchev–Trinajstić information content (AvgIpc) is 3.31. The van der Waals surface area contributed by atoms with Gasteiger partial charge in [0.15, 0.2) is 11.5 Å². The third-order valence-electron chi connectivity index (χ3n) is 5.29. The predicted molar refractivity (Wildman–Crippen MR) is 93.0 cm³/mol. The smallest absolute Gasteiger partial charge is 0.278 e. The molecule has 0 radical (unpaired) electrons. The number of hydrogen-bond donors (Lipinski definition) is 0. The van der Waals surface area contributed by atoms with Crippen LogP contribution in [0.15, 0.2) is 40.9 Å². The van der Waals surface area contributed by atoms with Crippen LogP contribution in [0.5, 0.6) is 0 Å². The second-order valence-electron chi connectivity index (χ2n) is 6.63. The molecular formula is C19H23N3O3. The van der Waals surface area contributed by atoms with Gasteiger partial charge in [-0.05, 0) is 6.54 Å². The van der Waals surface area contributed by atoms with E-state index in [1.54, 1.807) is 6.07 Å². The fraction of sp³-hybridized carbons (Fsp3) is 0.474. The Hall–Kier alpha value is -2.18. The van der Waals surface area contributed by atoms with Gasteiger partial charge in [-0.2, -0.15) is 0 Å². The number of ether oxygens (including phenoxy) is 1. The van der Waals surface area contributed by atoms with Crippen molar-refractivity contribution in [2.75, 3.05) is 32.8 Å². The van der Waals surface area contributed by atoms with Crippen LogP contribution < -0.4 is 0 Å². The van der Waals surface area contributed by atoms with Gasteiger partial charge in [-0.15, -0.1) is 0 Å². The summed E-state index contributed by atoms with van der Waals surface area (Å²) in [4.78, 5) is 17.3. The van der Waals surface area contributed by atoms with Gasteiger partial charge >= 0.3 is 0 Å². The van der Waals surface area contributed by atoms with Gasteiger partial charge in [0.25, 0.3) is 5.91 Å². The maximum absolute atomic E-state index is 13.0. The first-order valence-corrected chi connectivity index (χ1v) is 8.92. The van der Waals surface area contributed by atoms with Crippen LogP contribution in [0.1, 0.15) is 30.3 Å². The molecule has 0 atom stereocenters. The van der Waals surface area contributed by atoms with Gasteiger partial charge in [0.05, 0.1) is 6.61 Å². The SMILES string of the molecule is CCN1CCC2(CC1)OCCN2C(=O)c1cc(-c2ccccc2)on1. The van der Waals surface area contributed by atoms with Crippen LogP contribution in [-0.2, 0) is 4.74 Å². The van der Waals surface area contributed by atoms with Crippen molar-refractivity contribution in [3.8, 4) is 11.3 Å². The molecule has 1 aromatic carbocycles. The molecule has 0 unspecified atom stereocenters. The second-order valence-corrected chi connectivity index (χ2v) is 6.63. The summed E-state index contributed by atoms with van der Waals surface area (Å²) in [5.74, 6) is 0.507. The Labute approximate surface area is 147 Å². The summed E-state index contributed by atoms with van der Waals surface area (Å²) in [5.41, 5.74) is 0.786.